The van der Waals surface area contributed by atoms with Crippen molar-refractivity contribution in [3.8, 4) is 0 Å². The van der Waals surface area contributed by atoms with E-state index in [4.69, 9.17) is 23.2 Å². The molecule has 0 unspecified atom stereocenters. The van der Waals surface area contributed by atoms with E-state index in [1.807, 2.05) is 33.8 Å². The van der Waals surface area contributed by atoms with Crippen LogP contribution < -0.4 is 0 Å². The Morgan fingerprint density at radius 3 is 2.55 bits per heavy atom. The van der Waals surface area contributed by atoms with Gasteiger partial charge in [-0.05, 0) is 42.9 Å². The van der Waals surface area contributed by atoms with Crippen LogP contribution in [0.5, 0.6) is 0 Å². The monoisotopic (exact) mass is 452 g/mol. The van der Waals surface area contributed by atoms with E-state index >= 15 is 0 Å². The molecule has 1 amide bonds. The first-order valence-electron chi connectivity index (χ1n) is 7.42. The summed E-state index contributed by atoms with van der Waals surface area (Å²) in [5, 5.41) is 1.03. The third-order valence-corrected chi connectivity index (χ3v) is 5.39. The number of amides is 1. The molecule has 22 heavy (non-hydrogen) atoms. The predicted octanol–water partition coefficient (Wildman–Crippen LogP) is 5.17. The average molecular weight is 453 g/mol. The summed E-state index contributed by atoms with van der Waals surface area (Å²) in [4.78, 5) is 14.3. The van der Waals surface area contributed by atoms with Crippen LogP contribution in [0.1, 0.15) is 38.2 Å². The van der Waals surface area contributed by atoms with Crippen LogP contribution in [0.4, 0.5) is 0 Å². The fraction of sp³-hybridized carbons (Fsp3) is 0.500. The van der Waals surface area contributed by atoms with Crippen molar-refractivity contribution >= 4 is 57.7 Å². The van der Waals surface area contributed by atoms with Crippen molar-refractivity contribution in [3.63, 3.8) is 0 Å². The molecule has 1 fully saturated rings. The summed E-state index contributed by atoms with van der Waals surface area (Å²) in [5.41, 5.74) is 1.79. The smallest absolute Gasteiger partial charge is 0.222 e. The van der Waals surface area contributed by atoms with E-state index in [1.54, 1.807) is 12.1 Å². The molecule has 120 valence electrons. The average Bonchev–Trinajstić information content (AvgIpc) is 2.51. The molecule has 0 saturated carbocycles. The highest BCUT2D eigenvalue weighted by molar-refractivity contribution is 14.1. The minimum absolute atomic E-state index is 0.213. The van der Waals surface area contributed by atoms with Gasteiger partial charge in [-0.1, -0.05) is 36.2 Å². The molecule has 0 radical (unpaired) electrons. The van der Waals surface area contributed by atoms with Gasteiger partial charge in [-0.25, -0.2) is 3.21 Å². The lowest BCUT2D eigenvalue weighted by molar-refractivity contribution is -0.132. The van der Waals surface area contributed by atoms with Crippen molar-refractivity contribution in [2.45, 2.75) is 32.6 Å². The highest BCUT2D eigenvalue weighted by atomic mass is 127. The summed E-state index contributed by atoms with van der Waals surface area (Å²) in [6, 6.07) is 5.45. The standard InChI is InChI=1S/C16H19Cl2IN2O/c1-11-6-8-21(9-7-11)16(22)5-4-15(20-19)12-2-3-13(17)14(18)10-12/h2-3,10-11H,4-9H2,1H3/b20-15+. The summed E-state index contributed by atoms with van der Waals surface area (Å²) in [6.07, 6.45) is 3.31. The number of likely N-dealkylation sites (tertiary alicyclic amines) is 1. The number of hydrogen-bond donors (Lipinski definition) is 0. The van der Waals surface area contributed by atoms with Crippen molar-refractivity contribution < 1.29 is 4.79 Å². The number of carbonyl (C=O) groups is 1. The number of rotatable bonds is 4. The van der Waals surface area contributed by atoms with Crippen LogP contribution in [-0.4, -0.2) is 29.6 Å². The van der Waals surface area contributed by atoms with Gasteiger partial charge in [0.2, 0.25) is 5.91 Å². The van der Waals surface area contributed by atoms with E-state index in [1.165, 1.54) is 0 Å². The number of benzene rings is 1. The number of hydrogen-bond acceptors (Lipinski definition) is 2. The Hall–Kier alpha value is -0.330. The second-order valence-electron chi connectivity index (χ2n) is 5.72. The highest BCUT2D eigenvalue weighted by Crippen LogP contribution is 2.24. The molecule has 1 aliphatic heterocycles. The van der Waals surface area contributed by atoms with Gasteiger partial charge in [0.25, 0.3) is 0 Å². The second-order valence-corrected chi connectivity index (χ2v) is 7.02. The van der Waals surface area contributed by atoms with Crippen molar-refractivity contribution in [1.29, 1.82) is 0 Å². The maximum atomic E-state index is 12.3. The molecule has 2 rings (SSSR count). The zero-order valence-corrected chi connectivity index (χ0v) is 16.2. The minimum Gasteiger partial charge on any atom is -0.343 e. The van der Waals surface area contributed by atoms with E-state index in [0.717, 1.165) is 43.1 Å². The minimum atomic E-state index is 0.213. The molecule has 1 heterocycles. The van der Waals surface area contributed by atoms with Crippen LogP contribution >= 0.6 is 46.1 Å². The Kier molecular flexibility index (Phi) is 6.96. The van der Waals surface area contributed by atoms with Crippen LogP contribution in [0.2, 0.25) is 10.0 Å². The molecular formula is C16H19Cl2IN2O. The molecule has 0 aliphatic carbocycles. The third-order valence-electron chi connectivity index (χ3n) is 4.07. The first-order valence-corrected chi connectivity index (χ1v) is 9.14. The van der Waals surface area contributed by atoms with Gasteiger partial charge >= 0.3 is 0 Å². The van der Waals surface area contributed by atoms with E-state index in [9.17, 15) is 4.79 Å². The quantitative estimate of drug-likeness (QED) is 0.458. The normalized spacial score (nSPS) is 16.9. The largest absolute Gasteiger partial charge is 0.343 e. The Bertz CT molecular complexity index is 569. The fourth-order valence-electron chi connectivity index (χ4n) is 2.55. The van der Waals surface area contributed by atoms with Crippen molar-refractivity contribution in [2.75, 3.05) is 13.1 Å². The first-order chi connectivity index (χ1) is 10.5. The van der Waals surface area contributed by atoms with Gasteiger partial charge < -0.3 is 4.90 Å². The molecule has 0 spiro atoms. The highest BCUT2D eigenvalue weighted by Gasteiger charge is 2.20. The van der Waals surface area contributed by atoms with Gasteiger partial charge in [0.05, 0.1) is 38.6 Å². The number of nitrogens with zero attached hydrogens (tertiary/aromatic N) is 2. The summed E-state index contributed by atoms with van der Waals surface area (Å²) in [5.74, 6) is 0.941. The fourth-order valence-corrected chi connectivity index (χ4v) is 3.37. The maximum Gasteiger partial charge on any atom is 0.222 e. The molecular weight excluding hydrogens is 434 g/mol. The molecule has 0 bridgehead atoms. The molecule has 1 saturated heterocycles. The molecule has 1 aromatic carbocycles. The van der Waals surface area contributed by atoms with Crippen LogP contribution in [0.15, 0.2) is 21.4 Å². The van der Waals surface area contributed by atoms with Gasteiger partial charge in [-0.3, -0.25) is 4.79 Å². The van der Waals surface area contributed by atoms with E-state index in [-0.39, 0.29) is 5.91 Å². The van der Waals surface area contributed by atoms with Crippen molar-refractivity contribution in [3.05, 3.63) is 33.8 Å². The van der Waals surface area contributed by atoms with Gasteiger partial charge in [0, 0.05) is 19.5 Å². The summed E-state index contributed by atoms with van der Waals surface area (Å²) in [7, 11) is 0. The number of piperidine rings is 1. The second kappa shape index (κ2) is 8.50. The lowest BCUT2D eigenvalue weighted by atomic mass is 9.98. The van der Waals surface area contributed by atoms with E-state index in [2.05, 4.69) is 10.1 Å². The molecule has 6 heteroatoms. The Balaban J connectivity index is 1.93. The van der Waals surface area contributed by atoms with Crippen LogP contribution in [0.25, 0.3) is 0 Å². The van der Waals surface area contributed by atoms with Crippen LogP contribution in [0.3, 0.4) is 0 Å². The topological polar surface area (TPSA) is 32.7 Å². The van der Waals surface area contributed by atoms with Crippen LogP contribution in [0, 0.1) is 5.92 Å². The molecule has 3 nitrogen and oxygen atoms in total. The number of halogens is 3. The summed E-state index contributed by atoms with van der Waals surface area (Å²) >= 11 is 13.9. The molecule has 0 aromatic heterocycles. The summed E-state index contributed by atoms with van der Waals surface area (Å²) in [6.45, 7) is 4.00. The van der Waals surface area contributed by atoms with Crippen molar-refractivity contribution in [2.24, 2.45) is 9.12 Å². The van der Waals surface area contributed by atoms with E-state index < -0.39 is 0 Å². The first kappa shape index (κ1) is 18.0. The van der Waals surface area contributed by atoms with E-state index in [0.29, 0.717) is 22.9 Å². The number of carbonyl (C=O) groups excluding carboxylic acids is 1. The Labute approximate surface area is 155 Å². The van der Waals surface area contributed by atoms with Crippen molar-refractivity contribution in [1.82, 2.24) is 4.90 Å². The molecule has 0 atom stereocenters. The molecule has 1 aliphatic rings. The zero-order valence-electron chi connectivity index (χ0n) is 12.5. The van der Waals surface area contributed by atoms with Gasteiger partial charge in [-0.2, -0.15) is 0 Å². The zero-order chi connectivity index (χ0) is 16.1. The van der Waals surface area contributed by atoms with Gasteiger partial charge in [-0.15, -0.1) is 0 Å². The van der Waals surface area contributed by atoms with Gasteiger partial charge in [0.1, 0.15) is 0 Å². The SMILES string of the molecule is CC1CCN(C(=O)CC/C(=N\I)c2ccc(Cl)c(Cl)c2)CC1. The third kappa shape index (κ3) is 4.83. The van der Waals surface area contributed by atoms with Gasteiger partial charge in [0.15, 0.2) is 0 Å². The Morgan fingerprint density at radius 1 is 1.27 bits per heavy atom. The predicted molar refractivity (Wildman–Crippen MR) is 101 cm³/mol. The summed E-state index contributed by atoms with van der Waals surface area (Å²) < 4.78 is 4.27. The lowest BCUT2D eigenvalue weighted by Crippen LogP contribution is -2.38. The Morgan fingerprint density at radius 2 is 1.95 bits per heavy atom. The van der Waals surface area contributed by atoms with Crippen LogP contribution in [-0.2, 0) is 4.79 Å². The molecule has 1 aromatic rings. The lowest BCUT2D eigenvalue weighted by Gasteiger charge is -2.30. The molecule has 0 N–H and O–H groups in total. The maximum absolute atomic E-state index is 12.3.